The maximum absolute atomic E-state index is 13.4. The Balaban J connectivity index is 0.000000280. The molecule has 22 nitrogen and oxygen atoms in total. The normalized spacial score (nSPS) is 10.7. The SMILES string of the molecule is C.C.C.COc1ccc(-n2c(=O)[nH]c3sc(-c4ccc([N+](=O)[O-])cc4)c(CN(C)C)c3c2=O)nn1.COc1ccc(-n2c(=O)[nH]c3sc(-c4ccc([N+](=O)[O-])cc4)c(CN(C)C)c3c2=O)nn1. The van der Waals surface area contributed by atoms with Crippen molar-refractivity contribution in [3.8, 4) is 44.3 Å². The maximum atomic E-state index is 13.4. The van der Waals surface area contributed by atoms with Crippen LogP contribution in [0.5, 0.6) is 11.8 Å². The summed E-state index contributed by atoms with van der Waals surface area (Å²) in [7, 11) is 10.3. The molecule has 0 saturated heterocycles. The molecule has 0 fully saturated rings. The van der Waals surface area contributed by atoms with Gasteiger partial charge in [0.2, 0.25) is 11.8 Å². The number of non-ortho nitro benzene ring substituents is 2. The van der Waals surface area contributed by atoms with Gasteiger partial charge in [0.25, 0.3) is 22.5 Å². The van der Waals surface area contributed by atoms with Crippen molar-refractivity contribution in [1.29, 1.82) is 0 Å². The molecule has 0 saturated carbocycles. The summed E-state index contributed by atoms with van der Waals surface area (Å²) in [5, 5.41) is 38.2. The van der Waals surface area contributed by atoms with E-state index in [1.807, 2.05) is 38.0 Å². The number of benzene rings is 2. The van der Waals surface area contributed by atoms with Crippen molar-refractivity contribution in [2.75, 3.05) is 42.4 Å². The molecule has 8 rings (SSSR count). The van der Waals surface area contributed by atoms with Crippen LogP contribution in [0, 0.1) is 20.2 Å². The first-order valence-corrected chi connectivity index (χ1v) is 20.4. The first-order valence-electron chi connectivity index (χ1n) is 18.8. The van der Waals surface area contributed by atoms with Gasteiger partial charge in [-0.1, -0.05) is 22.3 Å². The lowest BCUT2D eigenvalue weighted by Crippen LogP contribution is -2.34. The third kappa shape index (κ3) is 10.5. The Hall–Kier alpha value is -7.80. The van der Waals surface area contributed by atoms with E-state index in [9.17, 15) is 39.4 Å². The molecule has 0 unspecified atom stereocenters. The van der Waals surface area contributed by atoms with Gasteiger partial charge in [0.15, 0.2) is 11.6 Å². The number of nitrogens with one attached hydrogen (secondary N) is 2. The number of fused-ring (bicyclic) bond motifs is 2. The number of nitro benzene ring substituents is 2. The summed E-state index contributed by atoms with van der Waals surface area (Å²) in [6, 6.07) is 18.1. The van der Waals surface area contributed by atoms with Gasteiger partial charge in [-0.3, -0.25) is 39.8 Å². The number of nitro groups is 2. The number of aromatic amines is 2. The smallest absolute Gasteiger partial charge is 0.335 e. The van der Waals surface area contributed by atoms with Crippen LogP contribution in [0.15, 0.2) is 92.0 Å². The zero-order chi connectivity index (χ0) is 46.0. The molecule has 6 aromatic heterocycles. The summed E-state index contributed by atoms with van der Waals surface area (Å²) in [6.07, 6.45) is 0. The summed E-state index contributed by atoms with van der Waals surface area (Å²) in [5.41, 5.74) is 0.449. The van der Waals surface area contributed by atoms with Crippen LogP contribution in [0.2, 0.25) is 0 Å². The Morgan fingerprint density at radius 1 is 0.567 bits per heavy atom. The fourth-order valence-corrected chi connectivity index (χ4v) is 9.04. The predicted octanol–water partition coefficient (Wildman–Crippen LogP) is 6.26. The molecule has 0 aliphatic rings. The molecule has 352 valence electrons. The Morgan fingerprint density at radius 3 is 1.18 bits per heavy atom. The first kappa shape index (κ1) is 51.8. The average Bonchev–Trinajstić information content (AvgIpc) is 3.81. The minimum absolute atomic E-state index is 0. The molecular weight excluding hydrogens is 909 g/mol. The number of hydrogen-bond donors (Lipinski definition) is 2. The number of ether oxygens (including phenoxy) is 2. The fraction of sp³-hybridized carbons (Fsp3) is 0.256. The minimum Gasteiger partial charge on any atom is -0.480 e. The number of aromatic nitrogens is 8. The second-order valence-corrected chi connectivity index (χ2v) is 16.4. The molecule has 6 heterocycles. The molecule has 2 aromatic carbocycles. The second-order valence-electron chi connectivity index (χ2n) is 14.3. The van der Waals surface area contributed by atoms with Crippen molar-refractivity contribution in [2.45, 2.75) is 35.4 Å². The summed E-state index contributed by atoms with van der Waals surface area (Å²) in [6.45, 7) is 0.837. The van der Waals surface area contributed by atoms with Crippen molar-refractivity contribution in [3.63, 3.8) is 0 Å². The van der Waals surface area contributed by atoms with E-state index in [0.29, 0.717) is 55.8 Å². The monoisotopic (exact) mass is 956 g/mol. The van der Waals surface area contributed by atoms with Gasteiger partial charge in [-0.15, -0.1) is 43.1 Å². The van der Waals surface area contributed by atoms with Crippen LogP contribution >= 0.6 is 22.7 Å². The van der Waals surface area contributed by atoms with Gasteiger partial charge < -0.3 is 19.3 Å². The molecule has 0 aliphatic carbocycles. The molecule has 0 amide bonds. The van der Waals surface area contributed by atoms with Gasteiger partial charge in [-0.05, 0) is 86.8 Å². The van der Waals surface area contributed by atoms with Crippen LogP contribution in [0.4, 0.5) is 11.4 Å². The van der Waals surface area contributed by atoms with Crippen molar-refractivity contribution < 1.29 is 19.3 Å². The Labute approximate surface area is 389 Å². The summed E-state index contributed by atoms with van der Waals surface area (Å²) in [4.78, 5) is 85.1. The maximum Gasteiger partial charge on any atom is 0.335 e. The van der Waals surface area contributed by atoms with Crippen molar-refractivity contribution >= 4 is 54.5 Å². The van der Waals surface area contributed by atoms with Gasteiger partial charge in [0, 0.05) is 59.2 Å². The van der Waals surface area contributed by atoms with E-state index < -0.39 is 32.3 Å². The summed E-state index contributed by atoms with van der Waals surface area (Å²) >= 11 is 2.50. The van der Waals surface area contributed by atoms with Crippen molar-refractivity contribution in [2.24, 2.45) is 0 Å². The highest BCUT2D eigenvalue weighted by Gasteiger charge is 2.24. The largest absolute Gasteiger partial charge is 0.480 e. The first-order chi connectivity index (χ1) is 30.6. The van der Waals surface area contributed by atoms with Crippen molar-refractivity contribution in [3.05, 3.63) is 146 Å². The van der Waals surface area contributed by atoms with E-state index in [-0.39, 0.29) is 57.1 Å². The highest BCUT2D eigenvalue weighted by molar-refractivity contribution is 7.22. The Morgan fingerprint density at radius 2 is 0.910 bits per heavy atom. The van der Waals surface area contributed by atoms with E-state index >= 15 is 0 Å². The third-order valence-corrected chi connectivity index (χ3v) is 11.8. The number of H-pyrrole nitrogens is 2. The van der Waals surface area contributed by atoms with Gasteiger partial charge in [0.1, 0.15) is 9.66 Å². The third-order valence-electron chi connectivity index (χ3n) is 9.45. The molecule has 0 spiro atoms. The van der Waals surface area contributed by atoms with E-state index in [4.69, 9.17) is 9.47 Å². The summed E-state index contributed by atoms with van der Waals surface area (Å²) < 4.78 is 11.8. The topological polar surface area (TPSA) is 272 Å². The molecular formula is C43H48N12O10S2. The van der Waals surface area contributed by atoms with Crippen LogP contribution in [-0.4, -0.2) is 102 Å². The molecule has 0 bridgehead atoms. The number of methoxy groups -OCH3 is 2. The highest BCUT2D eigenvalue weighted by atomic mass is 32.1. The fourth-order valence-electron chi connectivity index (χ4n) is 6.64. The zero-order valence-electron chi connectivity index (χ0n) is 34.7. The number of thiophene rings is 2. The van der Waals surface area contributed by atoms with Crippen LogP contribution in [0.25, 0.3) is 53.0 Å². The van der Waals surface area contributed by atoms with E-state index in [2.05, 4.69) is 30.4 Å². The molecule has 24 heteroatoms. The average molecular weight is 957 g/mol. The molecule has 0 aliphatic heterocycles. The Bertz CT molecular complexity index is 3060. The van der Waals surface area contributed by atoms with Gasteiger partial charge in [0.05, 0.1) is 34.8 Å². The van der Waals surface area contributed by atoms with Crippen LogP contribution < -0.4 is 32.0 Å². The van der Waals surface area contributed by atoms with E-state index in [0.717, 1.165) is 18.9 Å². The molecule has 2 N–H and O–H groups in total. The van der Waals surface area contributed by atoms with Gasteiger partial charge in [-0.2, -0.15) is 0 Å². The predicted molar refractivity (Wildman–Crippen MR) is 260 cm³/mol. The highest BCUT2D eigenvalue weighted by Crippen LogP contribution is 2.39. The lowest BCUT2D eigenvalue weighted by Gasteiger charge is -2.11. The molecule has 0 radical (unpaired) electrons. The van der Waals surface area contributed by atoms with Crippen molar-refractivity contribution in [1.82, 2.24) is 49.3 Å². The quantitative estimate of drug-likeness (QED) is 0.101. The van der Waals surface area contributed by atoms with E-state index in [1.54, 1.807) is 24.3 Å². The zero-order valence-corrected chi connectivity index (χ0v) is 36.3. The lowest BCUT2D eigenvalue weighted by atomic mass is 10.1. The summed E-state index contributed by atoms with van der Waals surface area (Å²) in [5.74, 6) is 0.642. The number of rotatable bonds is 12. The molecule has 8 aromatic rings. The lowest BCUT2D eigenvalue weighted by molar-refractivity contribution is -0.385. The molecule has 67 heavy (non-hydrogen) atoms. The van der Waals surface area contributed by atoms with E-state index in [1.165, 1.54) is 85.4 Å². The van der Waals surface area contributed by atoms with Crippen LogP contribution in [0.3, 0.4) is 0 Å². The number of nitrogens with zero attached hydrogens (tertiary/aromatic N) is 10. The standard InChI is InChI=1S/2C20H18N6O5S.3CH4/c2*1-24(2)10-13-16-18(32-17(13)11-4-6-12(7-5-11)26(29)30)21-20(28)25(19(16)27)14-8-9-15(31-3)23-22-14;;;/h2*4-9H,10H2,1-3H3,(H,21,28);3*1H4. The second kappa shape index (κ2) is 21.5. The number of hydrogen-bond acceptors (Lipinski definition) is 18. The Kier molecular flexibility index (Phi) is 16.6. The van der Waals surface area contributed by atoms with Gasteiger partial charge in [-0.25, -0.2) is 18.7 Å². The van der Waals surface area contributed by atoms with Crippen LogP contribution in [-0.2, 0) is 13.1 Å². The van der Waals surface area contributed by atoms with Crippen LogP contribution in [0.1, 0.15) is 33.4 Å². The minimum atomic E-state index is -0.644. The molecule has 0 atom stereocenters. The van der Waals surface area contributed by atoms with Gasteiger partial charge >= 0.3 is 11.4 Å².